The van der Waals surface area contributed by atoms with E-state index in [4.69, 9.17) is 21.2 Å². The molecule has 1 aromatic heterocycles. The largest absolute Gasteiger partial charge is 0.575 e. The molecular weight excluding hydrogens is 327 g/mol. The Morgan fingerprint density at radius 2 is 2.14 bits per heavy atom. The number of aliphatic carboxylic acids is 1. The predicted octanol–water partition coefficient (Wildman–Crippen LogP) is 3.23. The zero-order valence-corrected chi connectivity index (χ0v) is 13.6. The van der Waals surface area contributed by atoms with Crippen LogP contribution < -0.4 is 9.42 Å². The first-order valence-electron chi connectivity index (χ1n) is 6.52. The zero-order chi connectivity index (χ0) is 16.3. The maximum Gasteiger partial charge on any atom is 0.395 e. The van der Waals surface area contributed by atoms with Gasteiger partial charge in [-0.25, -0.2) is 9.78 Å². The Bertz CT molecular complexity index is 736. The van der Waals surface area contributed by atoms with Crippen LogP contribution in [0.25, 0.3) is 10.9 Å². The summed E-state index contributed by atoms with van der Waals surface area (Å²) in [5.74, 6) is -1.18. The molecule has 0 radical (unpaired) electrons. The molecule has 1 aromatic carbocycles. The highest BCUT2D eigenvalue weighted by atomic mass is 35.5. The molecule has 0 bridgehead atoms. The van der Waals surface area contributed by atoms with E-state index < -0.39 is 20.2 Å². The first kappa shape index (κ1) is 16.6. The highest BCUT2D eigenvalue weighted by molar-refractivity contribution is 7.34. The molecule has 2 aromatic rings. The molecule has 22 heavy (non-hydrogen) atoms. The molecule has 1 heterocycles. The van der Waals surface area contributed by atoms with Crippen LogP contribution in [0.5, 0.6) is 5.75 Å². The zero-order valence-electron chi connectivity index (χ0n) is 11.9. The lowest BCUT2D eigenvalue weighted by Crippen LogP contribution is -2.24. The predicted molar refractivity (Wildman–Crippen MR) is 83.0 cm³/mol. The lowest BCUT2D eigenvalue weighted by molar-refractivity contribution is -0.169. The summed E-state index contributed by atoms with van der Waals surface area (Å²) in [6, 6.07) is 7.42. The van der Waals surface area contributed by atoms with Gasteiger partial charge >= 0.3 is 14.1 Å². The summed E-state index contributed by atoms with van der Waals surface area (Å²) < 4.78 is 9.00. The van der Waals surface area contributed by atoms with Crippen LogP contribution in [0.4, 0.5) is 0 Å². The fourth-order valence-corrected chi connectivity index (χ4v) is 2.93. The van der Waals surface area contributed by atoms with Gasteiger partial charge in [0.15, 0.2) is 6.04 Å². The summed E-state index contributed by atoms with van der Waals surface area (Å²) in [4.78, 5) is 27.2. The first-order valence-corrected chi connectivity index (χ1v) is 8.03. The first-order chi connectivity index (χ1) is 10.4. The number of para-hydroxylation sites is 1. The van der Waals surface area contributed by atoms with E-state index in [2.05, 4.69) is 9.73 Å². The van der Waals surface area contributed by atoms with E-state index >= 15 is 0 Å². The minimum absolute atomic E-state index is 0.248. The molecule has 2 rings (SSSR count). The van der Waals surface area contributed by atoms with Gasteiger partial charge in [-0.15, -0.1) is 0 Å². The Balaban J connectivity index is 2.34. The Kier molecular flexibility index (Phi) is 5.29. The van der Waals surface area contributed by atoms with Gasteiger partial charge in [0.25, 0.3) is 0 Å². The molecule has 2 unspecified atom stereocenters. The van der Waals surface area contributed by atoms with Gasteiger partial charge in [-0.05, 0) is 24.1 Å². The van der Waals surface area contributed by atoms with E-state index in [1.165, 1.54) is 0 Å². The quantitative estimate of drug-likeness (QED) is 0.666. The van der Waals surface area contributed by atoms with E-state index in [1.807, 2.05) is 6.07 Å². The minimum Gasteiger partial charge on any atom is -0.575 e. The molecule has 0 aliphatic carbocycles. The molecule has 2 atom stereocenters. The Labute approximate surface area is 133 Å². The Morgan fingerprint density at radius 3 is 2.77 bits per heavy atom. The molecular formula is C14H14ClN2O4P. The molecule has 0 spiro atoms. The average Bonchev–Trinajstić information content (AvgIpc) is 2.44. The number of aromatic nitrogens is 1. The highest BCUT2D eigenvalue weighted by Crippen LogP contribution is 2.31. The lowest BCUT2D eigenvalue weighted by atomic mass is 10.1. The van der Waals surface area contributed by atoms with Crippen molar-refractivity contribution in [2.45, 2.75) is 19.9 Å². The van der Waals surface area contributed by atoms with Crippen LogP contribution >= 0.6 is 19.8 Å². The maximum atomic E-state index is 12.0. The minimum atomic E-state index is -2.53. The van der Waals surface area contributed by atoms with E-state index in [-0.39, 0.29) is 16.8 Å². The number of carbonyl (C=O) groups is 1. The molecule has 8 heteroatoms. The van der Waals surface area contributed by atoms with Crippen LogP contribution in [0.15, 0.2) is 35.1 Å². The molecule has 0 fully saturated rings. The van der Waals surface area contributed by atoms with Gasteiger partial charge in [0.05, 0.1) is 0 Å². The Hall–Kier alpha value is -1.75. The Morgan fingerprint density at radius 1 is 1.41 bits per heavy atom. The normalized spacial score (nSPS) is 13.4. The third-order valence-electron chi connectivity index (χ3n) is 2.93. The van der Waals surface area contributed by atoms with Gasteiger partial charge < -0.3 is 10.00 Å². The number of benzene rings is 1. The third-order valence-corrected chi connectivity index (χ3v) is 3.93. The van der Waals surface area contributed by atoms with Crippen molar-refractivity contribution in [3.05, 3.63) is 35.5 Å². The average molecular weight is 341 g/mol. The van der Waals surface area contributed by atoms with Gasteiger partial charge in [0, 0.05) is 5.39 Å². The van der Waals surface area contributed by atoms with Gasteiger partial charge in [-0.3, -0.25) is 4.52 Å². The van der Waals surface area contributed by atoms with E-state index in [0.29, 0.717) is 5.52 Å². The summed E-state index contributed by atoms with van der Waals surface area (Å²) in [6.07, 6.45) is 0. The summed E-state index contributed by atoms with van der Waals surface area (Å²) in [6.45, 7) is 3.37. The maximum absolute atomic E-state index is 12.0. The fraction of sp³-hybridized carbons (Fsp3) is 0.286. The van der Waals surface area contributed by atoms with Crippen molar-refractivity contribution in [3.63, 3.8) is 0 Å². The lowest BCUT2D eigenvalue weighted by Gasteiger charge is -2.08. The monoisotopic (exact) mass is 340 g/mol. The van der Waals surface area contributed by atoms with Crippen molar-refractivity contribution in [3.8, 4) is 5.75 Å². The topological polar surface area (TPSA) is 94.8 Å². The van der Waals surface area contributed by atoms with Crippen LogP contribution in [0, 0.1) is 5.92 Å². The van der Waals surface area contributed by atoms with Crippen molar-refractivity contribution in [2.24, 2.45) is 10.7 Å². The molecule has 0 saturated carbocycles. The van der Waals surface area contributed by atoms with Gasteiger partial charge in [-0.2, -0.15) is 0 Å². The summed E-state index contributed by atoms with van der Waals surface area (Å²) in [5, 5.41) is 10.1. The van der Waals surface area contributed by atoms with Gasteiger partial charge in [0.1, 0.15) is 10.7 Å². The molecule has 0 amide bonds. The van der Waals surface area contributed by atoms with Crippen molar-refractivity contribution in [1.29, 1.82) is 0 Å². The molecule has 6 nitrogen and oxygen atoms in total. The van der Waals surface area contributed by atoms with Gasteiger partial charge in [-0.1, -0.05) is 42.3 Å². The van der Waals surface area contributed by atoms with Crippen LogP contribution in [0.3, 0.4) is 0 Å². The van der Waals surface area contributed by atoms with E-state index in [9.17, 15) is 9.69 Å². The van der Waals surface area contributed by atoms with Crippen molar-refractivity contribution in [2.75, 3.05) is 0 Å². The third kappa shape index (κ3) is 3.91. The second-order valence-electron chi connectivity index (χ2n) is 4.93. The number of hydrogen-bond donors (Lipinski definition) is 1. The fourth-order valence-electron chi connectivity index (χ4n) is 1.85. The van der Waals surface area contributed by atoms with Crippen molar-refractivity contribution < 1.29 is 19.3 Å². The number of carboxylic acids is 1. The standard InChI is InChI=1S/C14H14ClN2O4P/c1-8(2)12(14(18)19)17-22(20)21-10-5-3-4-9-6-7-11(15)16-13(9)10/h3-8,12H,1-2H3,(H,18,19). The molecule has 0 saturated heterocycles. The second kappa shape index (κ2) is 7.01. The number of carboxylic acid groups (broad SMARTS) is 1. The smallest absolute Gasteiger partial charge is 0.395 e. The van der Waals surface area contributed by atoms with Crippen LogP contribution in [0.1, 0.15) is 13.8 Å². The van der Waals surface area contributed by atoms with E-state index in [0.717, 1.165) is 5.39 Å². The van der Waals surface area contributed by atoms with Gasteiger partial charge in [0.2, 0.25) is 5.75 Å². The summed E-state index contributed by atoms with van der Waals surface area (Å²) in [5.41, 5.74) is 0.449. The molecule has 1 N–H and O–H groups in total. The molecule has 116 valence electrons. The molecule has 0 aliphatic rings. The van der Waals surface area contributed by atoms with Crippen molar-refractivity contribution in [1.82, 2.24) is 4.98 Å². The van der Waals surface area contributed by atoms with Crippen LogP contribution in [-0.4, -0.2) is 22.1 Å². The second-order valence-corrected chi connectivity index (χ2v) is 6.21. The molecule has 0 aliphatic heterocycles. The number of hydrogen-bond acceptors (Lipinski definition) is 5. The number of fused-ring (bicyclic) bond motifs is 1. The van der Waals surface area contributed by atoms with Crippen LogP contribution in [-0.2, 0) is 4.79 Å². The number of pyridine rings is 1. The highest BCUT2D eigenvalue weighted by Gasteiger charge is 2.25. The number of nitrogens with zero attached hydrogens (tertiary/aromatic N) is 2. The number of halogens is 1. The summed E-state index contributed by atoms with van der Waals surface area (Å²) in [7, 11) is -2.53. The summed E-state index contributed by atoms with van der Waals surface area (Å²) >= 11 is 5.85. The van der Waals surface area contributed by atoms with Crippen molar-refractivity contribution >= 4 is 36.6 Å². The number of rotatable bonds is 5. The SMILES string of the molecule is CC(C)C(/N=[P+](\[O-])Oc1cccc2ccc(Cl)nc12)C(=O)O. The van der Waals surface area contributed by atoms with E-state index in [1.54, 1.807) is 38.1 Å². The van der Waals surface area contributed by atoms with Crippen LogP contribution in [0.2, 0.25) is 5.15 Å².